The first kappa shape index (κ1) is 41.2. The predicted octanol–water partition coefficient (Wildman–Crippen LogP) is 0.522. The molecule has 0 bridgehead atoms. The number of sulfonamides is 2. The molecule has 2 aromatic heterocycles. The number of nitrogens with one attached hydrogen (secondary N) is 2. The molecule has 0 spiro atoms. The normalized spacial score (nSPS) is 22.8. The van der Waals surface area contributed by atoms with Gasteiger partial charge in [0.15, 0.2) is 19.7 Å². The van der Waals surface area contributed by atoms with Crippen LogP contribution in [-0.4, -0.2) is 80.6 Å². The topological polar surface area (TPSA) is 276 Å². The Morgan fingerprint density at radius 3 is 1.70 bits per heavy atom. The smallest absolute Gasteiger partial charge is 0.247 e. The zero-order valence-corrected chi connectivity index (χ0v) is 31.6. The largest absolute Gasteiger partial charge is 0.370 e. The van der Waals surface area contributed by atoms with Crippen molar-refractivity contribution in [1.29, 1.82) is 0 Å². The van der Waals surface area contributed by atoms with Crippen molar-refractivity contribution in [1.82, 2.24) is 15.5 Å². The van der Waals surface area contributed by atoms with Gasteiger partial charge in [-0.3, -0.25) is 14.5 Å². The third-order valence-electron chi connectivity index (χ3n) is 7.23. The third-order valence-corrected chi connectivity index (χ3v) is 17.9. The lowest BCUT2D eigenvalue weighted by atomic mass is 10.0. The second-order valence-corrected chi connectivity index (χ2v) is 21.7. The molecule has 22 heteroatoms. The van der Waals surface area contributed by atoms with Crippen molar-refractivity contribution < 1.29 is 43.3 Å². The number of fused-ring (bicyclic) bond motifs is 2. The van der Waals surface area contributed by atoms with Crippen molar-refractivity contribution in [3.05, 3.63) is 23.3 Å². The van der Waals surface area contributed by atoms with Crippen LogP contribution < -0.4 is 26.6 Å². The number of primary amides is 1. The van der Waals surface area contributed by atoms with E-state index in [-0.39, 0.29) is 47.4 Å². The zero-order valence-electron chi connectivity index (χ0n) is 26.7. The highest BCUT2D eigenvalue weighted by Gasteiger charge is 2.42. The van der Waals surface area contributed by atoms with Crippen LogP contribution in [0.25, 0.3) is 0 Å². The van der Waals surface area contributed by atoms with Gasteiger partial charge >= 0.3 is 0 Å². The van der Waals surface area contributed by atoms with Crippen LogP contribution in [0.15, 0.2) is 29.0 Å². The number of hydrogen-bond acceptors (Lipinski definition) is 14. The van der Waals surface area contributed by atoms with Crippen molar-refractivity contribution in [2.75, 3.05) is 19.8 Å². The first-order valence-corrected chi connectivity index (χ1v) is 22.0. The Morgan fingerprint density at radius 2 is 1.30 bits per heavy atom. The molecule has 0 aliphatic carbocycles. The quantitative estimate of drug-likeness (QED) is 0.230. The van der Waals surface area contributed by atoms with E-state index in [0.717, 1.165) is 11.3 Å². The molecule has 2 amide bonds. The lowest BCUT2D eigenvalue weighted by molar-refractivity contribution is -0.120. The van der Waals surface area contributed by atoms with Gasteiger partial charge in [0, 0.05) is 37.1 Å². The number of carbonyl (C=O) groups excluding carboxylic acids is 2. The van der Waals surface area contributed by atoms with Crippen LogP contribution in [0, 0.1) is 0 Å². The molecule has 0 fully saturated rings. The van der Waals surface area contributed by atoms with Crippen LogP contribution in [0.2, 0.25) is 0 Å². The minimum atomic E-state index is -3.98. The fourth-order valence-corrected chi connectivity index (χ4v) is 13.7. The summed E-state index contributed by atoms with van der Waals surface area (Å²) in [4.78, 5) is 22.3. The van der Waals surface area contributed by atoms with Gasteiger partial charge in [-0.25, -0.2) is 43.9 Å². The summed E-state index contributed by atoms with van der Waals surface area (Å²) in [6.45, 7) is 11.3. The lowest BCUT2D eigenvalue weighted by Crippen LogP contribution is -2.42. The number of hydrogen-bond donors (Lipinski definition) is 5. The van der Waals surface area contributed by atoms with Crippen LogP contribution in [0.5, 0.6) is 0 Å². The highest BCUT2D eigenvalue weighted by molar-refractivity contribution is 7.96. The fraction of sp³-hybridized carbons (Fsp3) is 0.600. The Hall–Kier alpha value is -2.02. The maximum Gasteiger partial charge on any atom is 0.247 e. The molecule has 0 saturated carbocycles. The van der Waals surface area contributed by atoms with Crippen LogP contribution >= 0.6 is 22.7 Å². The number of thiophene rings is 2. The average Bonchev–Trinajstić information content (AvgIpc) is 3.58. The minimum Gasteiger partial charge on any atom is -0.370 e. The van der Waals surface area contributed by atoms with E-state index in [0.29, 0.717) is 48.4 Å². The first-order valence-electron chi connectivity index (χ1n) is 14.2. The van der Waals surface area contributed by atoms with Crippen LogP contribution in [0.3, 0.4) is 0 Å². The molecule has 47 heavy (non-hydrogen) atoms. The van der Waals surface area contributed by atoms with Crippen molar-refractivity contribution >= 4 is 74.2 Å². The number of carbonyl (C=O) groups is 2. The van der Waals surface area contributed by atoms with Gasteiger partial charge in [0.05, 0.1) is 17.2 Å². The summed E-state index contributed by atoms with van der Waals surface area (Å²) in [5.41, 5.74) is 5.43. The lowest BCUT2D eigenvalue weighted by Gasteiger charge is -2.35. The van der Waals surface area contributed by atoms with Gasteiger partial charge in [-0.1, -0.05) is 13.8 Å². The van der Waals surface area contributed by atoms with E-state index in [1.807, 2.05) is 18.7 Å². The zero-order chi connectivity index (χ0) is 36.3. The van der Waals surface area contributed by atoms with Gasteiger partial charge in [0.2, 0.25) is 31.9 Å². The van der Waals surface area contributed by atoms with E-state index >= 15 is 0 Å². The van der Waals surface area contributed by atoms with Crippen LogP contribution in [0.1, 0.15) is 77.6 Å². The van der Waals surface area contributed by atoms with E-state index in [1.54, 1.807) is 13.8 Å². The minimum absolute atomic E-state index is 0.0524. The standard InChI is InChI=1S/C13H21N3O5S3.C10H16N2O4S3.C2H5NO/c1-4-16(7-15-9(3)17)11-5-8(2)23(18,19)13-10(11)6-12(22-13)24(14,20)21;1-3-12-8-4-6(2)18(13,14)10-7(8)5-9(17-10)19(11,15)16;1-2(3)4/h6,8,11H,4-5,7H2,1-3H3,(H,15,17)(H2,14,20,21);5-6,8,12H,3-4H2,1-2H3,(H2,11,15,16);1H3,(H2,3,4)/t8-,11-;6-,8-;/m00./s1. The Labute approximate surface area is 284 Å². The van der Waals surface area contributed by atoms with E-state index < -0.39 is 50.2 Å². The predicted molar refractivity (Wildman–Crippen MR) is 179 cm³/mol. The molecular formula is C25H42N6O10S6. The fourth-order valence-electron chi connectivity index (χ4n) is 4.89. The summed E-state index contributed by atoms with van der Waals surface area (Å²) in [7, 11) is -14.9. The van der Waals surface area contributed by atoms with Gasteiger partial charge in [-0.2, -0.15) is 0 Å². The van der Waals surface area contributed by atoms with Crippen molar-refractivity contribution in [2.45, 2.75) is 93.8 Å². The molecule has 8 N–H and O–H groups in total. The number of nitrogens with zero attached hydrogens (tertiary/aromatic N) is 1. The second kappa shape index (κ2) is 15.7. The van der Waals surface area contributed by atoms with E-state index in [9.17, 15) is 43.3 Å². The second-order valence-electron chi connectivity index (χ2n) is 10.9. The highest BCUT2D eigenvalue weighted by Crippen LogP contribution is 2.45. The summed E-state index contributed by atoms with van der Waals surface area (Å²) in [5, 5.41) is 14.9. The number of primary sulfonamides is 2. The van der Waals surface area contributed by atoms with E-state index in [4.69, 9.17) is 10.3 Å². The number of amides is 2. The van der Waals surface area contributed by atoms with Gasteiger partial charge in [0.25, 0.3) is 0 Å². The molecule has 16 nitrogen and oxygen atoms in total. The monoisotopic (exact) mass is 778 g/mol. The van der Waals surface area contributed by atoms with E-state index in [2.05, 4.69) is 16.4 Å². The van der Waals surface area contributed by atoms with Gasteiger partial charge in [-0.15, -0.1) is 22.7 Å². The Kier molecular flexibility index (Phi) is 13.7. The van der Waals surface area contributed by atoms with Crippen molar-refractivity contribution in [3.8, 4) is 0 Å². The number of rotatable bonds is 8. The molecule has 0 aromatic carbocycles. The molecule has 0 saturated heterocycles. The highest BCUT2D eigenvalue weighted by atomic mass is 32.3. The number of nitrogens with two attached hydrogens (primary N) is 3. The summed E-state index contributed by atoms with van der Waals surface area (Å²) in [6, 6.07) is 2.28. The summed E-state index contributed by atoms with van der Waals surface area (Å²) >= 11 is 1.44. The molecule has 0 unspecified atom stereocenters. The van der Waals surface area contributed by atoms with Crippen LogP contribution in [-0.2, 0) is 49.3 Å². The maximum absolute atomic E-state index is 12.6. The Morgan fingerprint density at radius 1 is 0.872 bits per heavy atom. The molecule has 2 aliphatic rings. The molecule has 0 radical (unpaired) electrons. The van der Waals surface area contributed by atoms with Gasteiger partial charge in [-0.05, 0) is 51.9 Å². The molecule has 4 heterocycles. The Balaban J connectivity index is 0.000000299. The summed E-state index contributed by atoms with van der Waals surface area (Å²) < 4.78 is 95.5. The third kappa shape index (κ3) is 10.0. The van der Waals surface area contributed by atoms with E-state index in [1.165, 1.54) is 26.0 Å². The molecule has 2 aromatic rings. The molecule has 2 aliphatic heterocycles. The molecule has 268 valence electrons. The summed E-state index contributed by atoms with van der Waals surface area (Å²) in [5.74, 6) is -0.527. The molecular weight excluding hydrogens is 737 g/mol. The number of sulfone groups is 2. The van der Waals surface area contributed by atoms with Crippen molar-refractivity contribution in [3.63, 3.8) is 0 Å². The SMILES string of the molecule is CC(N)=O.CCN(CNC(C)=O)[C@H]1C[C@H](C)S(=O)(=O)c2sc(S(N)(=O)=O)cc21.CCN[C@H]1C[C@H](C)S(=O)(=O)c2sc(S(N)(=O)=O)cc21. The first-order chi connectivity index (χ1) is 21.4. The van der Waals surface area contributed by atoms with Crippen LogP contribution in [0.4, 0.5) is 0 Å². The summed E-state index contributed by atoms with van der Waals surface area (Å²) in [6.07, 6.45) is 0.757. The van der Waals surface area contributed by atoms with Crippen molar-refractivity contribution in [2.24, 2.45) is 16.0 Å². The average molecular weight is 779 g/mol. The molecule has 4 rings (SSSR count). The molecule has 4 atom stereocenters. The van der Waals surface area contributed by atoms with Gasteiger partial charge in [0.1, 0.15) is 16.8 Å². The Bertz CT molecular complexity index is 1900. The maximum atomic E-state index is 12.6. The van der Waals surface area contributed by atoms with Gasteiger partial charge < -0.3 is 16.4 Å².